The summed E-state index contributed by atoms with van der Waals surface area (Å²) < 4.78 is 4.39. The van der Waals surface area contributed by atoms with Crippen molar-refractivity contribution in [1.82, 2.24) is 0 Å². The zero-order valence-corrected chi connectivity index (χ0v) is 4.26. The Morgan fingerprint density at radius 2 is 2.57 bits per heavy atom. The Morgan fingerprint density at radius 1 is 2.00 bits per heavy atom. The maximum atomic E-state index is 9.50. The molecule has 0 rings (SSSR count). The molecule has 1 unspecified atom stereocenters. The van der Waals surface area contributed by atoms with Gasteiger partial charge in [0.05, 0.1) is 0 Å². The van der Waals surface area contributed by atoms with Crippen molar-refractivity contribution in [1.29, 1.82) is 0 Å². The predicted octanol–water partition coefficient (Wildman–Crippen LogP) is -0.493. The molecule has 0 fully saturated rings. The molecular formula is C4H9NO2. The van der Waals surface area contributed by atoms with Gasteiger partial charge in [-0.15, -0.1) is 0 Å². The van der Waals surface area contributed by atoms with Crippen molar-refractivity contribution in [3.63, 3.8) is 0 Å². The third-order valence-electron chi connectivity index (χ3n) is 0.620. The average molecular weight is 103 g/mol. The smallest absolute Gasteiger partial charge is 0.293 e. The summed E-state index contributed by atoms with van der Waals surface area (Å²) in [5, 5.41) is 0. The van der Waals surface area contributed by atoms with E-state index in [1.165, 1.54) is 0 Å². The first kappa shape index (κ1) is 6.43. The van der Waals surface area contributed by atoms with Crippen molar-refractivity contribution in [2.75, 3.05) is 6.54 Å². The Balaban J connectivity index is 2.98. The van der Waals surface area contributed by atoms with Crippen LogP contribution in [0.25, 0.3) is 0 Å². The number of nitrogens with two attached hydrogens (primary N) is 1. The minimum Gasteiger partial charge on any atom is -0.464 e. The summed E-state index contributed by atoms with van der Waals surface area (Å²) >= 11 is 0. The predicted molar refractivity (Wildman–Crippen MR) is 25.7 cm³/mol. The monoisotopic (exact) mass is 103 g/mol. The van der Waals surface area contributed by atoms with E-state index in [1.54, 1.807) is 6.92 Å². The Labute approximate surface area is 42.4 Å². The summed E-state index contributed by atoms with van der Waals surface area (Å²) in [5.41, 5.74) is 5.07. The summed E-state index contributed by atoms with van der Waals surface area (Å²) in [6.07, 6.45) is -0.141. The normalized spacial score (nSPS) is 12.9. The van der Waals surface area contributed by atoms with Gasteiger partial charge in [-0.25, -0.2) is 0 Å². The number of hydrogen-bond donors (Lipinski definition) is 1. The van der Waals surface area contributed by atoms with Gasteiger partial charge in [0.2, 0.25) is 0 Å². The molecule has 2 N–H and O–H groups in total. The Morgan fingerprint density at radius 3 is 2.71 bits per heavy atom. The second kappa shape index (κ2) is 3.61. The molecule has 0 aliphatic rings. The van der Waals surface area contributed by atoms with Gasteiger partial charge in [-0.05, 0) is 6.92 Å². The van der Waals surface area contributed by atoms with Crippen LogP contribution in [0.15, 0.2) is 0 Å². The molecule has 0 spiro atoms. The van der Waals surface area contributed by atoms with Gasteiger partial charge in [-0.1, -0.05) is 0 Å². The second-order valence-corrected chi connectivity index (χ2v) is 1.28. The number of carbonyl (C=O) groups is 1. The molecule has 0 aromatic heterocycles. The molecule has 0 saturated carbocycles. The third kappa shape index (κ3) is 3.26. The number of rotatable bonds is 3. The van der Waals surface area contributed by atoms with E-state index in [9.17, 15) is 4.79 Å². The molecule has 0 aromatic rings. The molecule has 3 nitrogen and oxygen atoms in total. The zero-order chi connectivity index (χ0) is 5.70. The lowest BCUT2D eigenvalue weighted by Gasteiger charge is -2.02. The minimum atomic E-state index is -0.141. The van der Waals surface area contributed by atoms with Crippen LogP contribution >= 0.6 is 0 Å². The Bertz CT molecular complexity index is 55.7. The highest BCUT2D eigenvalue weighted by Gasteiger charge is 1.92. The maximum Gasteiger partial charge on any atom is 0.293 e. The van der Waals surface area contributed by atoms with Crippen molar-refractivity contribution < 1.29 is 9.53 Å². The minimum absolute atomic E-state index is 0.141. The van der Waals surface area contributed by atoms with Gasteiger partial charge in [0.1, 0.15) is 6.10 Å². The fourth-order valence-electron chi connectivity index (χ4n) is 0.150. The van der Waals surface area contributed by atoms with Crippen molar-refractivity contribution in [3.05, 3.63) is 0 Å². The van der Waals surface area contributed by atoms with E-state index >= 15 is 0 Å². The highest BCUT2D eigenvalue weighted by Crippen LogP contribution is 1.79. The first-order valence-electron chi connectivity index (χ1n) is 2.10. The van der Waals surface area contributed by atoms with Crippen molar-refractivity contribution in [3.8, 4) is 0 Å². The fraction of sp³-hybridized carbons (Fsp3) is 0.750. The molecule has 1 atom stereocenters. The molecular weight excluding hydrogens is 94.0 g/mol. The van der Waals surface area contributed by atoms with Gasteiger partial charge < -0.3 is 10.5 Å². The van der Waals surface area contributed by atoms with Crippen molar-refractivity contribution >= 4 is 6.47 Å². The Kier molecular flexibility index (Phi) is 3.32. The molecule has 42 valence electrons. The van der Waals surface area contributed by atoms with E-state index in [2.05, 4.69) is 4.74 Å². The van der Waals surface area contributed by atoms with E-state index in [-0.39, 0.29) is 6.10 Å². The van der Waals surface area contributed by atoms with Crippen LogP contribution in [0.5, 0.6) is 0 Å². The van der Waals surface area contributed by atoms with Crippen LogP contribution in [0.4, 0.5) is 0 Å². The van der Waals surface area contributed by atoms with Gasteiger partial charge in [-0.2, -0.15) is 0 Å². The maximum absolute atomic E-state index is 9.50. The summed E-state index contributed by atoms with van der Waals surface area (Å²) in [4.78, 5) is 9.50. The van der Waals surface area contributed by atoms with Crippen LogP contribution in [-0.4, -0.2) is 19.1 Å². The molecule has 0 bridgehead atoms. The van der Waals surface area contributed by atoms with Gasteiger partial charge in [0.15, 0.2) is 0 Å². The van der Waals surface area contributed by atoms with Crippen LogP contribution in [0, 0.1) is 0 Å². The second-order valence-electron chi connectivity index (χ2n) is 1.28. The summed E-state index contributed by atoms with van der Waals surface area (Å²) in [5.74, 6) is 0. The van der Waals surface area contributed by atoms with E-state index < -0.39 is 0 Å². The first-order chi connectivity index (χ1) is 3.31. The van der Waals surface area contributed by atoms with Gasteiger partial charge in [0, 0.05) is 6.54 Å². The van der Waals surface area contributed by atoms with Gasteiger partial charge in [0.25, 0.3) is 6.47 Å². The van der Waals surface area contributed by atoms with E-state index in [4.69, 9.17) is 5.73 Å². The quantitative estimate of drug-likeness (QED) is 0.490. The number of hydrogen-bond acceptors (Lipinski definition) is 3. The molecule has 0 heterocycles. The number of carbonyl (C=O) groups excluding carboxylic acids is 1. The molecule has 7 heavy (non-hydrogen) atoms. The lowest BCUT2D eigenvalue weighted by atomic mass is 10.4. The Hall–Kier alpha value is -0.570. The molecule has 0 aromatic carbocycles. The number of ether oxygens (including phenoxy) is 1. The standard InChI is InChI=1S/C4H9NO2/c1-4(2-5)7-3-6/h3-4H,2,5H2,1H3. The average Bonchev–Trinajstić information content (AvgIpc) is 1.68. The lowest BCUT2D eigenvalue weighted by molar-refractivity contribution is -0.132. The van der Waals surface area contributed by atoms with Gasteiger partial charge >= 0.3 is 0 Å². The van der Waals surface area contributed by atoms with E-state index in [1.807, 2.05) is 0 Å². The topological polar surface area (TPSA) is 52.3 Å². The van der Waals surface area contributed by atoms with Crippen LogP contribution in [0.1, 0.15) is 6.92 Å². The van der Waals surface area contributed by atoms with Gasteiger partial charge in [-0.3, -0.25) is 4.79 Å². The largest absolute Gasteiger partial charge is 0.464 e. The molecule has 0 radical (unpaired) electrons. The van der Waals surface area contributed by atoms with Crippen molar-refractivity contribution in [2.24, 2.45) is 5.73 Å². The molecule has 0 aliphatic carbocycles. The first-order valence-corrected chi connectivity index (χ1v) is 2.10. The van der Waals surface area contributed by atoms with Crippen LogP contribution in [-0.2, 0) is 9.53 Å². The molecule has 0 aliphatic heterocycles. The summed E-state index contributed by atoms with van der Waals surface area (Å²) in [6.45, 7) is 2.52. The van der Waals surface area contributed by atoms with E-state index in [0.717, 1.165) is 0 Å². The van der Waals surface area contributed by atoms with Crippen LogP contribution in [0.3, 0.4) is 0 Å². The highest BCUT2D eigenvalue weighted by atomic mass is 16.5. The fourth-order valence-corrected chi connectivity index (χ4v) is 0.150. The zero-order valence-electron chi connectivity index (χ0n) is 4.26. The summed E-state index contributed by atoms with van der Waals surface area (Å²) in [6, 6.07) is 0. The van der Waals surface area contributed by atoms with Crippen molar-refractivity contribution in [2.45, 2.75) is 13.0 Å². The lowest BCUT2D eigenvalue weighted by Crippen LogP contribution is -2.18. The highest BCUT2D eigenvalue weighted by molar-refractivity contribution is 5.37. The molecule has 0 saturated heterocycles. The molecule has 0 amide bonds. The summed E-state index contributed by atoms with van der Waals surface area (Å²) in [7, 11) is 0. The van der Waals surface area contributed by atoms with Crippen LogP contribution in [0.2, 0.25) is 0 Å². The third-order valence-corrected chi connectivity index (χ3v) is 0.620. The SMILES string of the molecule is CC(CN)OC=O. The molecule has 3 heteroatoms. The van der Waals surface area contributed by atoms with E-state index in [0.29, 0.717) is 13.0 Å². The van der Waals surface area contributed by atoms with Crippen LogP contribution < -0.4 is 5.73 Å².